The molecule has 1 amide bonds. The van der Waals surface area contributed by atoms with Crippen molar-refractivity contribution in [3.8, 4) is 0 Å². The molecule has 0 spiro atoms. The van der Waals surface area contributed by atoms with Crippen molar-refractivity contribution >= 4 is 28.8 Å². The second-order valence-electron chi connectivity index (χ2n) is 7.14. The van der Waals surface area contributed by atoms with E-state index in [0.717, 1.165) is 42.7 Å². The van der Waals surface area contributed by atoms with Crippen molar-refractivity contribution in [2.75, 3.05) is 6.54 Å². The molecule has 0 atom stereocenters. The van der Waals surface area contributed by atoms with Gasteiger partial charge in [-0.3, -0.25) is 4.79 Å². The molecule has 1 saturated carbocycles. The van der Waals surface area contributed by atoms with Gasteiger partial charge >= 0.3 is 0 Å². The molecule has 0 aliphatic heterocycles. The number of hydrogen-bond donors (Lipinski definition) is 1. The number of aryl methyl sites for hydroxylation is 2. The lowest BCUT2D eigenvalue weighted by molar-refractivity contribution is -0.129. The molecule has 1 fully saturated rings. The van der Waals surface area contributed by atoms with Gasteiger partial charge in [0.2, 0.25) is 5.91 Å². The van der Waals surface area contributed by atoms with Crippen LogP contribution in [0, 0.1) is 0 Å². The number of aromatic nitrogens is 1. The van der Waals surface area contributed by atoms with Crippen LogP contribution in [0.3, 0.4) is 0 Å². The second kappa shape index (κ2) is 7.08. The Morgan fingerprint density at radius 1 is 1.24 bits per heavy atom. The topological polar surface area (TPSA) is 42.0 Å². The number of halogens is 1. The van der Waals surface area contributed by atoms with Gasteiger partial charge in [-0.25, -0.2) is 4.98 Å². The average molecular weight is 375 g/mol. The maximum Gasteiger partial charge on any atom is 0.230 e. The van der Waals surface area contributed by atoms with Gasteiger partial charge in [0.15, 0.2) is 0 Å². The Morgan fingerprint density at radius 3 is 2.80 bits per heavy atom. The third-order valence-corrected chi connectivity index (χ3v) is 6.99. The van der Waals surface area contributed by atoms with Gasteiger partial charge in [-0.15, -0.1) is 11.3 Å². The molecule has 2 aromatic rings. The minimum Gasteiger partial charge on any atom is -0.355 e. The zero-order valence-electron chi connectivity index (χ0n) is 14.3. The number of fused-ring (bicyclic) bond motifs is 1. The molecule has 0 unspecified atom stereocenters. The average Bonchev–Trinajstić information content (AvgIpc) is 2.96. The fraction of sp³-hybridized carbons (Fsp3) is 0.500. The summed E-state index contributed by atoms with van der Waals surface area (Å²) >= 11 is 7.96. The van der Waals surface area contributed by atoms with Gasteiger partial charge in [0.05, 0.1) is 16.1 Å². The lowest BCUT2D eigenvalue weighted by Crippen LogP contribution is -2.49. The smallest absolute Gasteiger partial charge is 0.230 e. The molecule has 4 rings (SSSR count). The summed E-state index contributed by atoms with van der Waals surface area (Å²) in [5.74, 6) is 0.141. The van der Waals surface area contributed by atoms with Crippen molar-refractivity contribution in [1.82, 2.24) is 10.3 Å². The molecule has 2 aliphatic rings. The van der Waals surface area contributed by atoms with Crippen LogP contribution in [0.15, 0.2) is 24.3 Å². The van der Waals surface area contributed by atoms with Crippen LogP contribution in [0.5, 0.6) is 0 Å². The molecule has 1 aromatic heterocycles. The molecule has 1 aromatic carbocycles. The molecular weight excluding hydrogens is 352 g/mol. The Labute approximate surface area is 157 Å². The first-order valence-corrected chi connectivity index (χ1v) is 10.4. The predicted molar refractivity (Wildman–Crippen MR) is 102 cm³/mol. The molecule has 3 nitrogen and oxygen atoms in total. The summed E-state index contributed by atoms with van der Waals surface area (Å²) in [7, 11) is 0. The summed E-state index contributed by atoms with van der Waals surface area (Å²) in [5.41, 5.74) is 1.97. The Bertz CT molecular complexity index is 758. The zero-order chi connectivity index (χ0) is 17.3. The first kappa shape index (κ1) is 17.0. The summed E-state index contributed by atoms with van der Waals surface area (Å²) in [6.07, 6.45) is 8.58. The number of nitrogens with one attached hydrogen (secondary N) is 1. The summed E-state index contributed by atoms with van der Waals surface area (Å²) in [6, 6.07) is 7.76. The number of carbonyl (C=O) groups is 1. The van der Waals surface area contributed by atoms with E-state index in [1.54, 1.807) is 0 Å². The van der Waals surface area contributed by atoms with E-state index >= 15 is 0 Å². The molecular formula is C20H23ClN2OS. The van der Waals surface area contributed by atoms with Crippen molar-refractivity contribution in [1.29, 1.82) is 0 Å². The number of amides is 1. The van der Waals surface area contributed by atoms with Gasteiger partial charge in [-0.2, -0.15) is 0 Å². The Balaban J connectivity index is 1.39. The summed E-state index contributed by atoms with van der Waals surface area (Å²) < 4.78 is 0. The van der Waals surface area contributed by atoms with Crippen LogP contribution in [0.1, 0.15) is 53.2 Å². The van der Waals surface area contributed by atoms with E-state index in [1.165, 1.54) is 29.8 Å². The summed E-state index contributed by atoms with van der Waals surface area (Å²) in [6.45, 7) is 0.660. The molecule has 0 bridgehead atoms. The fourth-order valence-electron chi connectivity index (χ4n) is 3.93. The first-order chi connectivity index (χ1) is 12.2. The molecule has 5 heteroatoms. The van der Waals surface area contributed by atoms with Crippen LogP contribution >= 0.6 is 22.9 Å². The molecule has 2 aliphatic carbocycles. The minimum atomic E-state index is -0.382. The minimum absolute atomic E-state index is 0.141. The standard InChI is InChI=1S/C20H23ClN2OS/c21-15-6-3-5-14(13-15)20(10-4-11-20)19(24)22-12-9-18-23-16-7-1-2-8-17(16)25-18/h3,5-6,13H,1-2,4,7-12H2,(H,22,24). The van der Waals surface area contributed by atoms with Crippen LogP contribution in [0.4, 0.5) is 0 Å². The van der Waals surface area contributed by atoms with Crippen LogP contribution in [0.25, 0.3) is 0 Å². The number of nitrogens with zero attached hydrogens (tertiary/aromatic N) is 1. The summed E-state index contributed by atoms with van der Waals surface area (Å²) in [4.78, 5) is 19.1. The normalized spacial score (nSPS) is 18.3. The van der Waals surface area contributed by atoms with Gasteiger partial charge in [-0.05, 0) is 56.2 Å². The zero-order valence-corrected chi connectivity index (χ0v) is 15.9. The van der Waals surface area contributed by atoms with Crippen molar-refractivity contribution in [3.05, 3.63) is 50.4 Å². The van der Waals surface area contributed by atoms with E-state index < -0.39 is 0 Å². The monoisotopic (exact) mass is 374 g/mol. The SMILES string of the molecule is O=C(NCCc1nc2c(s1)CCCC2)C1(c2cccc(Cl)c2)CCC1. The quantitative estimate of drug-likeness (QED) is 0.839. The summed E-state index contributed by atoms with van der Waals surface area (Å²) in [5, 5.41) is 5.02. The lowest BCUT2D eigenvalue weighted by Gasteiger charge is -2.40. The van der Waals surface area contributed by atoms with Gasteiger partial charge in [0.25, 0.3) is 0 Å². The van der Waals surface area contributed by atoms with Crippen LogP contribution in [0.2, 0.25) is 5.02 Å². The Hall–Kier alpha value is -1.39. The second-order valence-corrected chi connectivity index (χ2v) is 8.74. The Morgan fingerprint density at radius 2 is 2.08 bits per heavy atom. The third kappa shape index (κ3) is 3.34. The number of thiazole rings is 1. The molecule has 0 saturated heterocycles. The largest absolute Gasteiger partial charge is 0.355 e. The van der Waals surface area contributed by atoms with Crippen LogP contribution < -0.4 is 5.32 Å². The van der Waals surface area contributed by atoms with Crippen molar-refractivity contribution in [2.24, 2.45) is 0 Å². The number of carbonyl (C=O) groups excluding carboxylic acids is 1. The Kier molecular flexibility index (Phi) is 4.83. The molecule has 1 heterocycles. The third-order valence-electron chi connectivity index (χ3n) is 5.53. The van der Waals surface area contributed by atoms with Gasteiger partial charge < -0.3 is 5.32 Å². The van der Waals surface area contributed by atoms with E-state index in [4.69, 9.17) is 16.6 Å². The maximum atomic E-state index is 12.9. The number of hydrogen-bond acceptors (Lipinski definition) is 3. The lowest BCUT2D eigenvalue weighted by atomic mass is 9.64. The van der Waals surface area contributed by atoms with Crippen molar-refractivity contribution < 1.29 is 4.79 Å². The fourth-order valence-corrected chi connectivity index (χ4v) is 5.27. The van der Waals surface area contributed by atoms with E-state index in [0.29, 0.717) is 11.6 Å². The number of rotatable bonds is 5. The van der Waals surface area contributed by atoms with Gasteiger partial charge in [0, 0.05) is 22.9 Å². The molecule has 25 heavy (non-hydrogen) atoms. The predicted octanol–water partition coefficient (Wildman–Crippen LogP) is 4.46. The highest BCUT2D eigenvalue weighted by atomic mass is 35.5. The first-order valence-electron chi connectivity index (χ1n) is 9.19. The molecule has 1 N–H and O–H groups in total. The number of benzene rings is 1. The van der Waals surface area contributed by atoms with E-state index in [2.05, 4.69) is 5.32 Å². The maximum absolute atomic E-state index is 12.9. The highest BCUT2D eigenvalue weighted by Gasteiger charge is 2.45. The van der Waals surface area contributed by atoms with E-state index in [-0.39, 0.29) is 11.3 Å². The van der Waals surface area contributed by atoms with Gasteiger partial charge in [-0.1, -0.05) is 30.2 Å². The van der Waals surface area contributed by atoms with E-state index in [9.17, 15) is 4.79 Å². The highest BCUT2D eigenvalue weighted by Crippen LogP contribution is 2.44. The van der Waals surface area contributed by atoms with Crippen molar-refractivity contribution in [2.45, 2.75) is 56.8 Å². The highest BCUT2D eigenvalue weighted by molar-refractivity contribution is 7.11. The molecule has 132 valence electrons. The van der Waals surface area contributed by atoms with Gasteiger partial charge in [0.1, 0.15) is 0 Å². The van der Waals surface area contributed by atoms with Crippen LogP contribution in [-0.2, 0) is 29.5 Å². The van der Waals surface area contributed by atoms with E-state index in [1.807, 2.05) is 35.6 Å². The van der Waals surface area contributed by atoms with Crippen molar-refractivity contribution in [3.63, 3.8) is 0 Å². The molecule has 0 radical (unpaired) electrons. The van der Waals surface area contributed by atoms with Crippen LogP contribution in [-0.4, -0.2) is 17.4 Å².